The lowest BCUT2D eigenvalue weighted by atomic mass is 10.0. The molecular weight excluding hydrogens is 378 g/mol. The third kappa shape index (κ3) is 4.72. The topological polar surface area (TPSA) is 77.2 Å². The Balaban J connectivity index is 1.38. The average Bonchev–Trinajstić information content (AvgIpc) is 3.18. The van der Waals surface area contributed by atoms with Crippen LogP contribution >= 0.6 is 0 Å². The molecule has 6 nitrogen and oxygen atoms in total. The van der Waals surface area contributed by atoms with Gasteiger partial charge >= 0.3 is 6.01 Å². The van der Waals surface area contributed by atoms with Gasteiger partial charge in [-0.25, -0.2) is 0 Å². The number of carbonyl (C=O) groups is 1. The molecular formula is C24H21N3O3. The van der Waals surface area contributed by atoms with Gasteiger partial charge in [0.25, 0.3) is 5.91 Å². The van der Waals surface area contributed by atoms with E-state index >= 15 is 0 Å². The molecule has 0 atom stereocenters. The van der Waals surface area contributed by atoms with Crippen molar-refractivity contribution >= 4 is 11.9 Å². The zero-order chi connectivity index (χ0) is 20.9. The van der Waals surface area contributed by atoms with Crippen LogP contribution < -0.4 is 10.1 Å². The molecule has 0 aliphatic heterocycles. The van der Waals surface area contributed by atoms with Crippen molar-refractivity contribution in [1.29, 1.82) is 0 Å². The Morgan fingerprint density at radius 2 is 1.67 bits per heavy atom. The molecule has 3 aromatic carbocycles. The first-order chi connectivity index (χ1) is 14.6. The molecule has 1 heterocycles. The van der Waals surface area contributed by atoms with E-state index in [9.17, 15) is 4.79 Å². The molecule has 0 spiro atoms. The number of carbonyl (C=O) groups excluding carboxylic acids is 1. The van der Waals surface area contributed by atoms with Gasteiger partial charge in [0.05, 0.1) is 6.42 Å². The highest BCUT2D eigenvalue weighted by molar-refractivity contribution is 6.03. The summed E-state index contributed by atoms with van der Waals surface area (Å²) in [6.07, 6.45) is 0.514. The second-order valence-corrected chi connectivity index (χ2v) is 7.00. The number of benzene rings is 3. The van der Waals surface area contributed by atoms with Crippen molar-refractivity contribution < 1.29 is 13.9 Å². The number of aryl methyl sites for hydroxylation is 2. The maximum Gasteiger partial charge on any atom is 0.322 e. The Labute approximate surface area is 174 Å². The summed E-state index contributed by atoms with van der Waals surface area (Å²) < 4.78 is 11.3. The van der Waals surface area contributed by atoms with Crippen molar-refractivity contribution in [3.05, 3.63) is 101 Å². The van der Waals surface area contributed by atoms with E-state index in [4.69, 9.17) is 9.15 Å². The summed E-state index contributed by atoms with van der Waals surface area (Å²) in [5, 5.41) is 10.6. The van der Waals surface area contributed by atoms with E-state index in [0.29, 0.717) is 23.6 Å². The molecule has 6 heteroatoms. The molecule has 1 aromatic heterocycles. The first-order valence-corrected chi connectivity index (χ1v) is 9.60. The van der Waals surface area contributed by atoms with Crippen LogP contribution in [0.2, 0.25) is 0 Å². The minimum atomic E-state index is -0.331. The Hall–Kier alpha value is -3.93. The summed E-state index contributed by atoms with van der Waals surface area (Å²) >= 11 is 0. The molecule has 0 saturated carbocycles. The zero-order valence-electron chi connectivity index (χ0n) is 16.8. The van der Waals surface area contributed by atoms with Crippen molar-refractivity contribution in [2.45, 2.75) is 20.3 Å². The number of nitrogens with one attached hydrogen (secondary N) is 1. The monoisotopic (exact) mass is 399 g/mol. The highest BCUT2D eigenvalue weighted by Crippen LogP contribution is 2.22. The largest absolute Gasteiger partial charge is 0.457 e. The van der Waals surface area contributed by atoms with Crippen LogP contribution in [0.5, 0.6) is 11.5 Å². The molecule has 0 fully saturated rings. The number of para-hydroxylation sites is 1. The Morgan fingerprint density at radius 1 is 0.933 bits per heavy atom. The third-order valence-corrected chi connectivity index (χ3v) is 4.62. The van der Waals surface area contributed by atoms with E-state index in [-0.39, 0.29) is 11.9 Å². The first-order valence-electron chi connectivity index (χ1n) is 9.60. The van der Waals surface area contributed by atoms with Crippen LogP contribution in [-0.4, -0.2) is 16.1 Å². The minimum absolute atomic E-state index is 0.0735. The SMILES string of the molecule is Cc1ccc(Cc2nnc(NC(=O)c3ccc(Oc4ccccc4)cc3)o2)c(C)c1. The van der Waals surface area contributed by atoms with Gasteiger partial charge in [-0.1, -0.05) is 47.1 Å². The zero-order valence-corrected chi connectivity index (χ0v) is 16.8. The van der Waals surface area contributed by atoms with Gasteiger partial charge in [-0.15, -0.1) is 5.10 Å². The predicted molar refractivity (Wildman–Crippen MR) is 114 cm³/mol. The van der Waals surface area contributed by atoms with Crippen LogP contribution in [-0.2, 0) is 6.42 Å². The van der Waals surface area contributed by atoms with E-state index < -0.39 is 0 Å². The average molecular weight is 399 g/mol. The van der Waals surface area contributed by atoms with E-state index in [0.717, 1.165) is 16.9 Å². The number of ether oxygens (including phenoxy) is 1. The fraction of sp³-hybridized carbons (Fsp3) is 0.125. The van der Waals surface area contributed by atoms with Crippen molar-refractivity contribution in [1.82, 2.24) is 10.2 Å². The Morgan fingerprint density at radius 3 is 2.40 bits per heavy atom. The number of hydrogen-bond donors (Lipinski definition) is 1. The number of aromatic nitrogens is 2. The lowest BCUT2D eigenvalue weighted by molar-refractivity contribution is 0.102. The standard InChI is InChI=1S/C24H21N3O3/c1-16-8-9-19(17(2)14-16)15-22-26-27-24(30-22)25-23(28)18-10-12-21(13-11-18)29-20-6-4-3-5-7-20/h3-14H,15H2,1-2H3,(H,25,27,28). The minimum Gasteiger partial charge on any atom is -0.457 e. The van der Waals surface area contributed by atoms with Gasteiger partial charge in [-0.3, -0.25) is 10.1 Å². The predicted octanol–water partition coefficient (Wildman–Crippen LogP) is 5.32. The fourth-order valence-electron chi connectivity index (χ4n) is 3.05. The molecule has 4 rings (SSSR count). The van der Waals surface area contributed by atoms with Crippen LogP contribution in [0.3, 0.4) is 0 Å². The van der Waals surface area contributed by atoms with Gasteiger partial charge in [0.1, 0.15) is 11.5 Å². The fourth-order valence-corrected chi connectivity index (χ4v) is 3.05. The summed E-state index contributed by atoms with van der Waals surface area (Å²) in [6, 6.07) is 22.6. The Bertz CT molecular complexity index is 1150. The van der Waals surface area contributed by atoms with E-state index in [1.54, 1.807) is 24.3 Å². The van der Waals surface area contributed by atoms with Gasteiger partial charge in [0.2, 0.25) is 5.89 Å². The molecule has 0 bridgehead atoms. The van der Waals surface area contributed by atoms with Gasteiger partial charge in [-0.05, 0) is 61.4 Å². The molecule has 150 valence electrons. The van der Waals surface area contributed by atoms with Crippen molar-refractivity contribution in [3.63, 3.8) is 0 Å². The number of nitrogens with zero attached hydrogens (tertiary/aromatic N) is 2. The smallest absolute Gasteiger partial charge is 0.322 e. The third-order valence-electron chi connectivity index (χ3n) is 4.62. The highest BCUT2D eigenvalue weighted by Gasteiger charge is 2.13. The number of hydrogen-bond acceptors (Lipinski definition) is 5. The summed E-state index contributed by atoms with van der Waals surface area (Å²) in [7, 11) is 0. The molecule has 1 N–H and O–H groups in total. The van der Waals surface area contributed by atoms with E-state index in [2.05, 4.69) is 28.5 Å². The maximum absolute atomic E-state index is 12.5. The van der Waals surface area contributed by atoms with Gasteiger partial charge < -0.3 is 9.15 Å². The molecule has 0 aliphatic rings. The normalized spacial score (nSPS) is 10.6. The molecule has 0 aliphatic carbocycles. The summed E-state index contributed by atoms with van der Waals surface area (Å²) in [6.45, 7) is 4.10. The highest BCUT2D eigenvalue weighted by atomic mass is 16.5. The van der Waals surface area contributed by atoms with Gasteiger partial charge in [-0.2, -0.15) is 0 Å². The second-order valence-electron chi connectivity index (χ2n) is 7.00. The van der Waals surface area contributed by atoms with Crippen LogP contribution in [0.4, 0.5) is 6.01 Å². The second kappa shape index (κ2) is 8.61. The molecule has 4 aromatic rings. The summed E-state index contributed by atoms with van der Waals surface area (Å²) in [5.74, 6) is 1.50. The molecule has 0 unspecified atom stereocenters. The molecule has 1 amide bonds. The van der Waals surface area contributed by atoms with Crippen molar-refractivity contribution in [2.75, 3.05) is 5.32 Å². The van der Waals surface area contributed by atoms with Crippen LogP contribution in [0.25, 0.3) is 0 Å². The number of amides is 1. The van der Waals surface area contributed by atoms with Crippen molar-refractivity contribution in [3.8, 4) is 11.5 Å². The number of anilines is 1. The quantitative estimate of drug-likeness (QED) is 0.475. The van der Waals surface area contributed by atoms with E-state index in [1.165, 1.54) is 5.56 Å². The lowest BCUT2D eigenvalue weighted by Crippen LogP contribution is -2.11. The summed E-state index contributed by atoms with van der Waals surface area (Å²) in [5.41, 5.74) is 3.94. The number of rotatable bonds is 6. The lowest BCUT2D eigenvalue weighted by Gasteiger charge is -2.06. The molecule has 0 saturated heterocycles. The van der Waals surface area contributed by atoms with Crippen LogP contribution in [0.1, 0.15) is 32.9 Å². The summed E-state index contributed by atoms with van der Waals surface area (Å²) in [4.78, 5) is 12.5. The molecule has 30 heavy (non-hydrogen) atoms. The Kier molecular flexibility index (Phi) is 5.57. The van der Waals surface area contributed by atoms with Crippen LogP contribution in [0.15, 0.2) is 77.2 Å². The maximum atomic E-state index is 12.5. The first kappa shape index (κ1) is 19.4. The molecule has 0 radical (unpaired) electrons. The van der Waals surface area contributed by atoms with Gasteiger partial charge in [0, 0.05) is 5.56 Å². The van der Waals surface area contributed by atoms with Crippen molar-refractivity contribution in [2.24, 2.45) is 0 Å². The van der Waals surface area contributed by atoms with Gasteiger partial charge in [0.15, 0.2) is 0 Å². The van der Waals surface area contributed by atoms with E-state index in [1.807, 2.05) is 49.4 Å². The van der Waals surface area contributed by atoms with Crippen LogP contribution in [0, 0.1) is 13.8 Å².